The van der Waals surface area contributed by atoms with Crippen molar-refractivity contribution in [3.63, 3.8) is 0 Å². The summed E-state index contributed by atoms with van der Waals surface area (Å²) in [6.45, 7) is 0. The number of nitrogens with two attached hydrogens (primary N) is 1. The summed E-state index contributed by atoms with van der Waals surface area (Å²) in [4.78, 5) is 11.1. The molecule has 19 heavy (non-hydrogen) atoms. The molecule has 0 radical (unpaired) electrons. The Morgan fingerprint density at radius 1 is 1.37 bits per heavy atom. The second-order valence-electron chi connectivity index (χ2n) is 4.90. The molecule has 1 aromatic carbocycles. The molecule has 0 heterocycles. The lowest BCUT2D eigenvalue weighted by Crippen LogP contribution is -2.53. The van der Waals surface area contributed by atoms with Crippen LogP contribution in [-0.2, 0) is 4.79 Å². The second-order valence-corrected chi connectivity index (χ2v) is 4.90. The molecule has 0 aromatic heterocycles. The number of benzene rings is 1. The van der Waals surface area contributed by atoms with Gasteiger partial charge in [0.1, 0.15) is 29.0 Å². The molecule has 1 aromatic rings. The van der Waals surface area contributed by atoms with Crippen molar-refractivity contribution in [1.82, 2.24) is 0 Å². The number of hydrogen-bond donors (Lipinski definition) is 2. The number of aliphatic carboxylic acids is 1. The number of halogens is 2. The van der Waals surface area contributed by atoms with E-state index in [9.17, 15) is 13.6 Å². The number of hydrogen-bond acceptors (Lipinski definition) is 3. The minimum absolute atomic E-state index is 0.0529. The third-order valence-electron chi connectivity index (χ3n) is 3.31. The third kappa shape index (κ3) is 3.20. The Labute approximate surface area is 109 Å². The molecule has 1 aliphatic carbocycles. The lowest BCUT2D eigenvalue weighted by molar-refractivity contribution is -0.145. The molecule has 0 spiro atoms. The van der Waals surface area contributed by atoms with E-state index < -0.39 is 29.2 Å². The van der Waals surface area contributed by atoms with Gasteiger partial charge in [0.2, 0.25) is 0 Å². The number of ether oxygens (including phenoxy) is 1. The van der Waals surface area contributed by atoms with Crippen molar-refractivity contribution in [3.8, 4) is 5.75 Å². The van der Waals surface area contributed by atoms with Gasteiger partial charge >= 0.3 is 5.97 Å². The zero-order chi connectivity index (χ0) is 14.0. The van der Waals surface area contributed by atoms with Gasteiger partial charge in [-0.15, -0.1) is 0 Å². The highest BCUT2D eigenvalue weighted by molar-refractivity contribution is 5.78. The van der Waals surface area contributed by atoms with Gasteiger partial charge in [0, 0.05) is 24.6 Å². The molecule has 0 amide bonds. The van der Waals surface area contributed by atoms with Crippen LogP contribution in [0, 0.1) is 11.6 Å². The second kappa shape index (κ2) is 5.13. The van der Waals surface area contributed by atoms with Gasteiger partial charge in [-0.3, -0.25) is 4.79 Å². The lowest BCUT2D eigenvalue weighted by atomic mass is 9.81. The van der Waals surface area contributed by atoms with E-state index in [2.05, 4.69) is 0 Å². The normalized spacial score (nSPS) is 27.0. The van der Waals surface area contributed by atoms with Crippen LogP contribution in [0.25, 0.3) is 0 Å². The van der Waals surface area contributed by atoms with Crippen LogP contribution in [0.15, 0.2) is 18.2 Å². The smallest absolute Gasteiger partial charge is 0.323 e. The molecule has 0 aliphatic heterocycles. The van der Waals surface area contributed by atoms with Crippen LogP contribution in [0.1, 0.15) is 25.7 Å². The molecule has 6 heteroatoms. The first-order chi connectivity index (χ1) is 8.89. The third-order valence-corrected chi connectivity index (χ3v) is 3.31. The summed E-state index contributed by atoms with van der Waals surface area (Å²) in [6, 6.07) is 2.88. The summed E-state index contributed by atoms with van der Waals surface area (Å²) >= 11 is 0. The summed E-state index contributed by atoms with van der Waals surface area (Å²) in [5, 5.41) is 9.07. The predicted molar refractivity (Wildman–Crippen MR) is 63.8 cm³/mol. The average Bonchev–Trinajstić information content (AvgIpc) is 2.27. The molecule has 0 saturated heterocycles. The standard InChI is InChI=1S/C13H15F2NO3/c14-8-4-9(15)6-11(5-8)19-10-2-1-3-13(16,7-10)12(17)18/h4-6,10H,1-3,7,16H2,(H,17,18). The van der Waals surface area contributed by atoms with Crippen LogP contribution in [-0.4, -0.2) is 22.7 Å². The number of rotatable bonds is 3. The van der Waals surface area contributed by atoms with Gasteiger partial charge < -0.3 is 15.6 Å². The number of carbonyl (C=O) groups is 1. The zero-order valence-electron chi connectivity index (χ0n) is 10.2. The van der Waals surface area contributed by atoms with E-state index in [4.69, 9.17) is 15.6 Å². The first-order valence-electron chi connectivity index (χ1n) is 6.04. The Kier molecular flexibility index (Phi) is 3.71. The van der Waals surface area contributed by atoms with E-state index in [-0.39, 0.29) is 12.2 Å². The lowest BCUT2D eigenvalue weighted by Gasteiger charge is -2.34. The Balaban J connectivity index is 2.08. The fraction of sp³-hybridized carbons (Fsp3) is 0.462. The highest BCUT2D eigenvalue weighted by Gasteiger charge is 2.40. The van der Waals surface area contributed by atoms with Crippen LogP contribution in [0.2, 0.25) is 0 Å². The summed E-state index contributed by atoms with van der Waals surface area (Å²) in [5.74, 6) is -2.49. The first kappa shape index (κ1) is 13.7. The van der Waals surface area contributed by atoms with Gasteiger partial charge in [-0.05, 0) is 19.3 Å². The van der Waals surface area contributed by atoms with E-state index in [0.29, 0.717) is 19.3 Å². The monoisotopic (exact) mass is 271 g/mol. The fourth-order valence-electron chi connectivity index (χ4n) is 2.34. The molecule has 2 atom stereocenters. The van der Waals surface area contributed by atoms with Crippen molar-refractivity contribution in [2.45, 2.75) is 37.3 Å². The largest absolute Gasteiger partial charge is 0.490 e. The van der Waals surface area contributed by atoms with E-state index in [1.165, 1.54) is 0 Å². The molecule has 2 unspecified atom stereocenters. The SMILES string of the molecule is NC1(C(=O)O)CCCC(Oc2cc(F)cc(F)c2)C1. The average molecular weight is 271 g/mol. The number of carboxylic acids is 1. The van der Waals surface area contributed by atoms with E-state index in [1.54, 1.807) is 0 Å². The van der Waals surface area contributed by atoms with Crippen LogP contribution >= 0.6 is 0 Å². The highest BCUT2D eigenvalue weighted by Crippen LogP contribution is 2.30. The summed E-state index contributed by atoms with van der Waals surface area (Å²) in [7, 11) is 0. The van der Waals surface area contributed by atoms with Crippen molar-refractivity contribution in [2.24, 2.45) is 5.73 Å². The van der Waals surface area contributed by atoms with Crippen LogP contribution in [0.4, 0.5) is 8.78 Å². The Morgan fingerprint density at radius 3 is 2.58 bits per heavy atom. The quantitative estimate of drug-likeness (QED) is 0.882. The van der Waals surface area contributed by atoms with E-state index in [0.717, 1.165) is 18.2 Å². The molecule has 4 nitrogen and oxygen atoms in total. The van der Waals surface area contributed by atoms with Crippen molar-refractivity contribution >= 4 is 5.97 Å². The Hall–Kier alpha value is -1.69. The van der Waals surface area contributed by atoms with Gasteiger partial charge in [0.05, 0.1) is 0 Å². The van der Waals surface area contributed by atoms with Crippen molar-refractivity contribution in [3.05, 3.63) is 29.8 Å². The van der Waals surface area contributed by atoms with Crippen molar-refractivity contribution in [1.29, 1.82) is 0 Å². The molecule has 104 valence electrons. The summed E-state index contributed by atoms with van der Waals surface area (Å²) in [5.41, 5.74) is 4.45. The van der Waals surface area contributed by atoms with Crippen LogP contribution in [0.3, 0.4) is 0 Å². The summed E-state index contributed by atoms with van der Waals surface area (Å²) < 4.78 is 31.5. The molecule has 2 rings (SSSR count). The van der Waals surface area contributed by atoms with Crippen LogP contribution in [0.5, 0.6) is 5.75 Å². The van der Waals surface area contributed by atoms with Gasteiger partial charge in [0.15, 0.2) is 0 Å². The van der Waals surface area contributed by atoms with E-state index in [1.807, 2.05) is 0 Å². The first-order valence-corrected chi connectivity index (χ1v) is 6.04. The van der Waals surface area contributed by atoms with Gasteiger partial charge in [0.25, 0.3) is 0 Å². The minimum Gasteiger partial charge on any atom is -0.490 e. The summed E-state index contributed by atoms with van der Waals surface area (Å²) in [6.07, 6.45) is 1.27. The predicted octanol–water partition coefficient (Wildman–Crippen LogP) is 2.07. The maximum Gasteiger partial charge on any atom is 0.323 e. The maximum atomic E-state index is 13.0. The van der Waals surface area contributed by atoms with Crippen molar-refractivity contribution in [2.75, 3.05) is 0 Å². The molecule has 3 N–H and O–H groups in total. The molecule has 1 saturated carbocycles. The topological polar surface area (TPSA) is 72.6 Å². The molecular weight excluding hydrogens is 256 g/mol. The van der Waals surface area contributed by atoms with Crippen LogP contribution < -0.4 is 10.5 Å². The molecule has 0 bridgehead atoms. The number of carboxylic acid groups (broad SMARTS) is 1. The highest BCUT2D eigenvalue weighted by atomic mass is 19.1. The Morgan fingerprint density at radius 2 is 2.00 bits per heavy atom. The van der Waals surface area contributed by atoms with E-state index >= 15 is 0 Å². The van der Waals surface area contributed by atoms with Gasteiger partial charge in [-0.25, -0.2) is 8.78 Å². The fourth-order valence-corrected chi connectivity index (χ4v) is 2.34. The van der Waals surface area contributed by atoms with Gasteiger partial charge in [-0.2, -0.15) is 0 Å². The van der Waals surface area contributed by atoms with Crippen molar-refractivity contribution < 1.29 is 23.4 Å². The Bertz CT molecular complexity index is 475. The molecule has 1 fully saturated rings. The minimum atomic E-state index is -1.32. The zero-order valence-corrected chi connectivity index (χ0v) is 10.2. The maximum absolute atomic E-state index is 13.0. The molecule has 1 aliphatic rings. The molecular formula is C13H15F2NO3. The van der Waals surface area contributed by atoms with Gasteiger partial charge in [-0.1, -0.05) is 0 Å².